The van der Waals surface area contributed by atoms with Gasteiger partial charge in [0.05, 0.1) is 11.4 Å². The van der Waals surface area contributed by atoms with Crippen molar-refractivity contribution in [2.75, 3.05) is 18.0 Å². The molecule has 1 aromatic heterocycles. The van der Waals surface area contributed by atoms with Crippen LogP contribution in [0.3, 0.4) is 0 Å². The Bertz CT molecular complexity index is 673. The first-order valence-corrected chi connectivity index (χ1v) is 8.14. The van der Waals surface area contributed by atoms with Crippen LogP contribution in [-0.2, 0) is 0 Å². The lowest BCUT2D eigenvalue weighted by molar-refractivity contribution is 0.131. The zero-order valence-electron chi connectivity index (χ0n) is 13.5. The Morgan fingerprint density at radius 1 is 1.14 bits per heavy atom. The van der Waals surface area contributed by atoms with E-state index in [1.165, 1.54) is 24.2 Å². The highest BCUT2D eigenvalue weighted by Gasteiger charge is 2.35. The Balaban J connectivity index is 1.66. The smallest absolute Gasteiger partial charge is 0.120 e. The molecule has 1 N–H and O–H groups in total. The van der Waals surface area contributed by atoms with E-state index in [4.69, 9.17) is 4.74 Å². The second kappa shape index (κ2) is 4.77. The first-order chi connectivity index (χ1) is 10.5. The Morgan fingerprint density at radius 2 is 1.82 bits per heavy atom. The fraction of sp³-hybridized carbons (Fsp3) is 0.500. The van der Waals surface area contributed by atoms with Gasteiger partial charge in [-0.25, -0.2) is 0 Å². The summed E-state index contributed by atoms with van der Waals surface area (Å²) in [7, 11) is 0. The van der Waals surface area contributed by atoms with Crippen LogP contribution in [0.4, 0.5) is 5.69 Å². The molecule has 4 nitrogen and oxygen atoms in total. The molecular formula is C18H23N3O. The van der Waals surface area contributed by atoms with E-state index in [0.29, 0.717) is 5.92 Å². The van der Waals surface area contributed by atoms with Crippen molar-refractivity contribution in [1.29, 1.82) is 0 Å². The van der Waals surface area contributed by atoms with Crippen LogP contribution in [0, 0.1) is 0 Å². The molecule has 2 bridgehead atoms. The summed E-state index contributed by atoms with van der Waals surface area (Å²) in [6.07, 6.45) is 2.51. The predicted octanol–water partition coefficient (Wildman–Crippen LogP) is 3.95. The molecule has 0 unspecified atom stereocenters. The summed E-state index contributed by atoms with van der Waals surface area (Å²) >= 11 is 0. The molecule has 116 valence electrons. The second-order valence-corrected chi connectivity index (χ2v) is 7.33. The molecule has 0 amide bonds. The molecule has 22 heavy (non-hydrogen) atoms. The van der Waals surface area contributed by atoms with Crippen LogP contribution in [0.2, 0.25) is 0 Å². The lowest BCUT2D eigenvalue weighted by Crippen LogP contribution is -2.38. The van der Waals surface area contributed by atoms with Crippen molar-refractivity contribution >= 4 is 5.69 Å². The maximum atomic E-state index is 5.90. The average Bonchev–Trinajstić information content (AvgIpc) is 2.95. The van der Waals surface area contributed by atoms with Crippen molar-refractivity contribution in [3.05, 3.63) is 30.0 Å². The van der Waals surface area contributed by atoms with Gasteiger partial charge in [-0.05, 0) is 57.9 Å². The Kier molecular flexibility index (Phi) is 2.96. The molecule has 1 saturated heterocycles. The SMILES string of the molecule is CC(C)(C)Oc1ccc(-c2n[nH]c3c2N2CCC3CC2)cc1. The van der Waals surface area contributed by atoms with Crippen LogP contribution in [-0.4, -0.2) is 28.9 Å². The summed E-state index contributed by atoms with van der Waals surface area (Å²) < 4.78 is 5.90. The number of aromatic amines is 1. The van der Waals surface area contributed by atoms with Crippen molar-refractivity contribution in [3.8, 4) is 17.0 Å². The molecule has 1 aromatic carbocycles. The molecule has 0 radical (unpaired) electrons. The minimum atomic E-state index is -0.169. The predicted molar refractivity (Wildman–Crippen MR) is 88.6 cm³/mol. The molecule has 1 fully saturated rings. The Hall–Kier alpha value is -1.97. The average molecular weight is 297 g/mol. The third kappa shape index (κ3) is 2.27. The third-order valence-electron chi connectivity index (χ3n) is 4.54. The quantitative estimate of drug-likeness (QED) is 0.912. The third-order valence-corrected chi connectivity index (χ3v) is 4.54. The number of benzene rings is 1. The van der Waals surface area contributed by atoms with Gasteiger partial charge in [-0.2, -0.15) is 5.10 Å². The molecule has 3 aliphatic heterocycles. The zero-order valence-corrected chi connectivity index (χ0v) is 13.5. The van der Waals surface area contributed by atoms with Gasteiger partial charge in [0.25, 0.3) is 0 Å². The minimum absolute atomic E-state index is 0.169. The van der Waals surface area contributed by atoms with Crippen LogP contribution in [0.25, 0.3) is 11.3 Å². The summed E-state index contributed by atoms with van der Waals surface area (Å²) in [5.41, 5.74) is 4.74. The summed E-state index contributed by atoms with van der Waals surface area (Å²) in [4.78, 5) is 2.48. The summed E-state index contributed by atoms with van der Waals surface area (Å²) in [5, 5.41) is 7.89. The Labute approximate surface area is 131 Å². The van der Waals surface area contributed by atoms with Gasteiger partial charge in [-0.3, -0.25) is 5.10 Å². The fourth-order valence-electron chi connectivity index (χ4n) is 3.58. The van der Waals surface area contributed by atoms with Crippen molar-refractivity contribution in [3.63, 3.8) is 0 Å². The van der Waals surface area contributed by atoms with Crippen LogP contribution >= 0.6 is 0 Å². The first kappa shape index (κ1) is 13.7. The number of hydrogen-bond acceptors (Lipinski definition) is 3. The Morgan fingerprint density at radius 3 is 2.45 bits per heavy atom. The lowest BCUT2D eigenvalue weighted by Gasteiger charge is -2.40. The summed E-state index contributed by atoms with van der Waals surface area (Å²) in [5.74, 6) is 1.58. The summed E-state index contributed by atoms with van der Waals surface area (Å²) in [6, 6.07) is 8.30. The molecule has 5 rings (SSSR count). The topological polar surface area (TPSA) is 41.1 Å². The van der Waals surface area contributed by atoms with Gasteiger partial charge in [0.15, 0.2) is 0 Å². The van der Waals surface area contributed by atoms with Crippen LogP contribution in [0.1, 0.15) is 45.2 Å². The van der Waals surface area contributed by atoms with Crippen molar-refractivity contribution in [2.45, 2.75) is 45.1 Å². The highest BCUT2D eigenvalue weighted by Crippen LogP contribution is 2.45. The van der Waals surface area contributed by atoms with E-state index in [1.54, 1.807) is 0 Å². The highest BCUT2D eigenvalue weighted by atomic mass is 16.5. The fourth-order valence-corrected chi connectivity index (χ4v) is 3.58. The van der Waals surface area contributed by atoms with E-state index in [-0.39, 0.29) is 5.60 Å². The standard InChI is InChI=1S/C18H23N3O/c1-18(2,3)22-14-6-4-12(5-7-14)15-17-16(20-19-15)13-8-10-21(17)11-9-13/h4-7,13H,8-11H2,1-3H3,(H,19,20). The van der Waals surface area contributed by atoms with E-state index in [1.807, 2.05) is 12.1 Å². The number of nitrogens with one attached hydrogen (secondary N) is 1. The van der Waals surface area contributed by atoms with Crippen molar-refractivity contribution in [1.82, 2.24) is 10.2 Å². The molecule has 0 atom stereocenters. The van der Waals surface area contributed by atoms with Crippen molar-refractivity contribution in [2.24, 2.45) is 0 Å². The number of hydrogen-bond donors (Lipinski definition) is 1. The van der Waals surface area contributed by atoms with Gasteiger partial charge < -0.3 is 9.64 Å². The maximum absolute atomic E-state index is 5.90. The van der Waals surface area contributed by atoms with E-state index in [2.05, 4.69) is 48.0 Å². The van der Waals surface area contributed by atoms with Crippen LogP contribution in [0.5, 0.6) is 5.75 Å². The molecule has 0 spiro atoms. The van der Waals surface area contributed by atoms with Gasteiger partial charge >= 0.3 is 0 Å². The molecule has 0 aliphatic carbocycles. The van der Waals surface area contributed by atoms with Gasteiger partial charge in [-0.1, -0.05) is 0 Å². The number of piperidine rings is 1. The number of ether oxygens (including phenoxy) is 1. The molecule has 0 saturated carbocycles. The molecule has 3 aliphatic rings. The molecule has 4 heterocycles. The summed E-state index contributed by atoms with van der Waals surface area (Å²) in [6.45, 7) is 8.52. The molecular weight excluding hydrogens is 274 g/mol. The first-order valence-electron chi connectivity index (χ1n) is 8.14. The number of fused-ring (bicyclic) bond motifs is 2. The van der Waals surface area contributed by atoms with Gasteiger partial charge in [0.1, 0.15) is 17.0 Å². The van der Waals surface area contributed by atoms with Crippen LogP contribution in [0.15, 0.2) is 24.3 Å². The molecule has 2 aromatic rings. The number of nitrogens with zero attached hydrogens (tertiary/aromatic N) is 2. The second-order valence-electron chi connectivity index (χ2n) is 7.33. The zero-order chi connectivity index (χ0) is 15.3. The van der Waals surface area contributed by atoms with E-state index in [9.17, 15) is 0 Å². The monoisotopic (exact) mass is 297 g/mol. The van der Waals surface area contributed by atoms with E-state index < -0.39 is 0 Å². The normalized spacial score (nSPS) is 17.7. The van der Waals surface area contributed by atoms with Gasteiger partial charge in [0.2, 0.25) is 0 Å². The maximum Gasteiger partial charge on any atom is 0.120 e. The van der Waals surface area contributed by atoms with Crippen LogP contribution < -0.4 is 9.64 Å². The van der Waals surface area contributed by atoms with E-state index in [0.717, 1.165) is 30.1 Å². The number of aromatic nitrogens is 2. The van der Waals surface area contributed by atoms with E-state index >= 15 is 0 Å². The number of rotatable bonds is 2. The number of anilines is 1. The number of H-pyrrole nitrogens is 1. The van der Waals surface area contributed by atoms with Gasteiger partial charge in [0, 0.05) is 24.6 Å². The molecule has 4 heteroatoms. The minimum Gasteiger partial charge on any atom is -0.488 e. The lowest BCUT2D eigenvalue weighted by atomic mass is 9.86. The largest absolute Gasteiger partial charge is 0.488 e. The van der Waals surface area contributed by atoms with Gasteiger partial charge in [-0.15, -0.1) is 0 Å². The highest BCUT2D eigenvalue weighted by molar-refractivity contribution is 5.79. The van der Waals surface area contributed by atoms with Crippen molar-refractivity contribution < 1.29 is 4.74 Å².